The number of benzene rings is 2. The van der Waals surface area contributed by atoms with Crippen LogP contribution in [-0.4, -0.2) is 30.7 Å². The van der Waals surface area contributed by atoms with Crippen molar-refractivity contribution in [3.05, 3.63) is 64.5 Å². The van der Waals surface area contributed by atoms with Crippen molar-refractivity contribution in [2.75, 3.05) is 12.0 Å². The molecule has 0 aliphatic rings. The molecule has 0 saturated heterocycles. The number of nitrogen functional groups attached to an aromatic ring is 1. The number of sulfone groups is 1. The first-order valence-corrected chi connectivity index (χ1v) is 10.3. The summed E-state index contributed by atoms with van der Waals surface area (Å²) in [7, 11) is -3.23. The van der Waals surface area contributed by atoms with Gasteiger partial charge >= 0.3 is 5.97 Å². The Bertz CT molecular complexity index is 1050. The number of aromatic nitrogens is 1. The van der Waals surface area contributed by atoms with E-state index in [4.69, 9.17) is 10.8 Å². The first kappa shape index (κ1) is 18.1. The number of carboxylic acid groups (broad SMARTS) is 1. The van der Waals surface area contributed by atoms with Gasteiger partial charge in [-0.15, -0.1) is 11.3 Å². The Hall–Kier alpha value is -2.71. The molecule has 6 nitrogen and oxygen atoms in total. The summed E-state index contributed by atoms with van der Waals surface area (Å²) < 4.78 is 23.1. The first-order chi connectivity index (χ1) is 12.2. The van der Waals surface area contributed by atoms with E-state index in [2.05, 4.69) is 4.98 Å². The van der Waals surface area contributed by atoms with Gasteiger partial charge in [0.1, 0.15) is 0 Å². The van der Waals surface area contributed by atoms with Crippen LogP contribution in [0.1, 0.15) is 20.8 Å². The van der Waals surface area contributed by atoms with Crippen LogP contribution in [-0.2, 0) is 16.3 Å². The van der Waals surface area contributed by atoms with Gasteiger partial charge in [0.25, 0.3) is 0 Å². The number of rotatable bonds is 5. The molecule has 134 valence electrons. The number of hydrogen-bond acceptors (Lipinski definition) is 6. The second-order valence-corrected chi connectivity index (χ2v) is 8.93. The second kappa shape index (κ2) is 6.89. The Labute approximate surface area is 154 Å². The highest BCUT2D eigenvalue weighted by molar-refractivity contribution is 7.90. The molecule has 3 aromatic rings. The van der Waals surface area contributed by atoms with E-state index < -0.39 is 15.8 Å². The van der Waals surface area contributed by atoms with Gasteiger partial charge in [0.15, 0.2) is 15.0 Å². The quantitative estimate of drug-likeness (QED) is 0.695. The van der Waals surface area contributed by atoms with Crippen LogP contribution in [0.25, 0.3) is 11.3 Å². The van der Waals surface area contributed by atoms with Gasteiger partial charge in [-0.2, -0.15) is 0 Å². The Kier molecular flexibility index (Phi) is 4.80. The molecular weight excluding hydrogens is 372 g/mol. The fourth-order valence-electron chi connectivity index (χ4n) is 2.53. The lowest BCUT2D eigenvalue weighted by atomic mass is 10.0. The summed E-state index contributed by atoms with van der Waals surface area (Å²) in [4.78, 5) is 16.5. The molecule has 0 unspecified atom stereocenters. The monoisotopic (exact) mass is 388 g/mol. The van der Waals surface area contributed by atoms with Gasteiger partial charge in [0.05, 0.1) is 16.2 Å². The molecule has 1 heterocycles. The average Bonchev–Trinajstić information content (AvgIpc) is 2.95. The van der Waals surface area contributed by atoms with Gasteiger partial charge in [0, 0.05) is 23.1 Å². The highest BCUT2D eigenvalue weighted by atomic mass is 32.2. The van der Waals surface area contributed by atoms with Crippen molar-refractivity contribution < 1.29 is 18.3 Å². The minimum atomic E-state index is -3.23. The molecule has 2 aromatic carbocycles. The number of carbonyl (C=O) groups is 1. The summed E-state index contributed by atoms with van der Waals surface area (Å²) in [5.41, 5.74) is 8.49. The van der Waals surface area contributed by atoms with Crippen LogP contribution >= 0.6 is 11.3 Å². The lowest BCUT2D eigenvalue weighted by Crippen LogP contribution is -1.97. The smallest absolute Gasteiger partial charge is 0.335 e. The highest BCUT2D eigenvalue weighted by Crippen LogP contribution is 2.32. The van der Waals surface area contributed by atoms with Gasteiger partial charge < -0.3 is 10.8 Å². The molecule has 0 atom stereocenters. The van der Waals surface area contributed by atoms with Gasteiger partial charge in [-0.3, -0.25) is 0 Å². The molecule has 8 heteroatoms. The number of carboxylic acids is 1. The molecule has 0 saturated carbocycles. The molecule has 0 amide bonds. The topological polar surface area (TPSA) is 110 Å². The van der Waals surface area contributed by atoms with Gasteiger partial charge in [-0.25, -0.2) is 18.2 Å². The second-order valence-electron chi connectivity index (χ2n) is 5.80. The van der Waals surface area contributed by atoms with Crippen LogP contribution in [0.4, 0.5) is 5.13 Å². The van der Waals surface area contributed by atoms with E-state index in [9.17, 15) is 13.2 Å². The number of thiazole rings is 1. The summed E-state index contributed by atoms with van der Waals surface area (Å²) in [6, 6.07) is 13.2. The van der Waals surface area contributed by atoms with Gasteiger partial charge in [-0.1, -0.05) is 24.3 Å². The Morgan fingerprint density at radius 1 is 1.12 bits per heavy atom. The number of anilines is 1. The molecule has 0 radical (unpaired) electrons. The molecule has 0 bridgehead atoms. The van der Waals surface area contributed by atoms with E-state index in [0.29, 0.717) is 17.2 Å². The highest BCUT2D eigenvalue weighted by Gasteiger charge is 2.14. The van der Waals surface area contributed by atoms with E-state index in [1.165, 1.54) is 29.7 Å². The lowest BCUT2D eigenvalue weighted by molar-refractivity contribution is 0.0697. The largest absolute Gasteiger partial charge is 0.478 e. The molecule has 3 N–H and O–H groups in total. The van der Waals surface area contributed by atoms with Crippen molar-refractivity contribution in [2.24, 2.45) is 0 Å². The zero-order chi connectivity index (χ0) is 18.9. The normalized spacial score (nSPS) is 11.4. The Balaban J connectivity index is 1.91. The number of aromatic carboxylic acids is 1. The van der Waals surface area contributed by atoms with E-state index >= 15 is 0 Å². The predicted octanol–water partition coefficient (Wildman–Crippen LogP) is 3.08. The third-order valence-electron chi connectivity index (χ3n) is 3.84. The van der Waals surface area contributed by atoms with Crippen molar-refractivity contribution in [3.63, 3.8) is 0 Å². The molecule has 0 aliphatic heterocycles. The Morgan fingerprint density at radius 2 is 1.73 bits per heavy atom. The average molecular weight is 388 g/mol. The number of hydrogen-bond donors (Lipinski definition) is 2. The standard InChI is InChI=1S/C18H16N2O4S2/c1-26(23,24)14-8-2-11(3-9-14)10-15-16(20-18(19)25-15)12-4-6-13(7-5-12)17(21)22/h2-9H,10H2,1H3,(H2,19,20)(H,21,22). The van der Waals surface area contributed by atoms with E-state index in [1.807, 2.05) is 0 Å². The SMILES string of the molecule is CS(=O)(=O)c1ccc(Cc2sc(N)nc2-c2ccc(C(=O)O)cc2)cc1. The summed E-state index contributed by atoms with van der Waals surface area (Å²) in [5, 5.41) is 9.42. The molecule has 3 rings (SSSR count). The molecule has 0 spiro atoms. The number of nitrogens with zero attached hydrogens (tertiary/aromatic N) is 1. The molecule has 1 aromatic heterocycles. The summed E-state index contributed by atoms with van der Waals surface area (Å²) in [6.45, 7) is 0. The van der Waals surface area contributed by atoms with Crippen molar-refractivity contribution >= 4 is 32.3 Å². The Morgan fingerprint density at radius 3 is 2.27 bits per heavy atom. The van der Waals surface area contributed by atoms with Crippen molar-refractivity contribution in [1.29, 1.82) is 0 Å². The maximum Gasteiger partial charge on any atom is 0.335 e. The number of nitrogens with two attached hydrogens (primary N) is 1. The summed E-state index contributed by atoms with van der Waals surface area (Å²) in [6.07, 6.45) is 1.72. The van der Waals surface area contributed by atoms with Crippen LogP contribution in [0.3, 0.4) is 0 Å². The first-order valence-electron chi connectivity index (χ1n) is 7.62. The molecule has 0 fully saturated rings. The third kappa shape index (κ3) is 3.92. The van der Waals surface area contributed by atoms with Crippen molar-refractivity contribution in [3.8, 4) is 11.3 Å². The fourth-order valence-corrected chi connectivity index (χ4v) is 4.04. The zero-order valence-electron chi connectivity index (χ0n) is 13.8. The van der Waals surface area contributed by atoms with E-state index in [1.54, 1.807) is 36.4 Å². The van der Waals surface area contributed by atoms with Crippen LogP contribution in [0, 0.1) is 0 Å². The van der Waals surface area contributed by atoms with Gasteiger partial charge in [-0.05, 0) is 29.8 Å². The maximum absolute atomic E-state index is 11.6. The van der Waals surface area contributed by atoms with Crippen LogP contribution < -0.4 is 5.73 Å². The minimum absolute atomic E-state index is 0.204. The van der Waals surface area contributed by atoms with Crippen LogP contribution in [0.2, 0.25) is 0 Å². The third-order valence-corrected chi connectivity index (χ3v) is 5.85. The molecule has 26 heavy (non-hydrogen) atoms. The maximum atomic E-state index is 11.6. The van der Waals surface area contributed by atoms with Crippen LogP contribution in [0.5, 0.6) is 0 Å². The minimum Gasteiger partial charge on any atom is -0.478 e. The molecule has 0 aliphatic carbocycles. The summed E-state index contributed by atoms with van der Waals surface area (Å²) >= 11 is 1.36. The van der Waals surface area contributed by atoms with Crippen molar-refractivity contribution in [1.82, 2.24) is 4.98 Å². The van der Waals surface area contributed by atoms with Crippen molar-refractivity contribution in [2.45, 2.75) is 11.3 Å². The fraction of sp³-hybridized carbons (Fsp3) is 0.111. The van der Waals surface area contributed by atoms with Crippen LogP contribution in [0.15, 0.2) is 53.4 Å². The van der Waals surface area contributed by atoms with Gasteiger partial charge in [0.2, 0.25) is 0 Å². The lowest BCUT2D eigenvalue weighted by Gasteiger charge is -2.05. The van der Waals surface area contributed by atoms with E-state index in [-0.39, 0.29) is 10.5 Å². The summed E-state index contributed by atoms with van der Waals surface area (Å²) in [5.74, 6) is -0.986. The molecular formula is C18H16N2O4S2. The van der Waals surface area contributed by atoms with E-state index in [0.717, 1.165) is 16.0 Å². The predicted molar refractivity (Wildman–Crippen MR) is 101 cm³/mol. The zero-order valence-corrected chi connectivity index (χ0v) is 15.5.